The number of hydrogen-bond donors (Lipinski definition) is 0. The van der Waals surface area contributed by atoms with E-state index in [2.05, 4.69) is 34.6 Å². The molecule has 1 aliphatic carbocycles. The molecular weight excluding hydrogens is 144 g/mol. The van der Waals surface area contributed by atoms with Crippen LogP contribution in [0.25, 0.3) is 0 Å². The largest absolute Gasteiger partial charge is 0.0648 e. The van der Waals surface area contributed by atoms with E-state index in [9.17, 15) is 0 Å². The summed E-state index contributed by atoms with van der Waals surface area (Å²) in [5, 5.41) is 0. The smallest absolute Gasteiger partial charge is 0.0272 e. The zero-order valence-corrected chi connectivity index (χ0v) is 9.41. The van der Waals surface area contributed by atoms with E-state index in [0.29, 0.717) is 10.8 Å². The highest BCUT2D eigenvalue weighted by molar-refractivity contribution is 4.98. The van der Waals surface area contributed by atoms with Crippen molar-refractivity contribution >= 4 is 0 Å². The van der Waals surface area contributed by atoms with Gasteiger partial charge in [0, 0.05) is 0 Å². The van der Waals surface area contributed by atoms with Crippen LogP contribution < -0.4 is 0 Å². The molecule has 0 saturated heterocycles. The van der Waals surface area contributed by atoms with Gasteiger partial charge in [0.2, 0.25) is 0 Å². The van der Waals surface area contributed by atoms with E-state index in [-0.39, 0.29) is 0 Å². The van der Waals surface area contributed by atoms with E-state index < -0.39 is 0 Å². The monoisotopic (exact) mass is 168 g/mol. The van der Waals surface area contributed by atoms with Crippen LogP contribution in [0.2, 0.25) is 0 Å². The Morgan fingerprint density at radius 2 is 1.33 bits per heavy atom. The van der Waals surface area contributed by atoms with Crippen LogP contribution in [-0.4, -0.2) is 0 Å². The van der Waals surface area contributed by atoms with Crippen molar-refractivity contribution in [2.75, 3.05) is 0 Å². The first-order valence-electron chi connectivity index (χ1n) is 5.47. The van der Waals surface area contributed by atoms with E-state index >= 15 is 0 Å². The molecule has 1 aliphatic rings. The third-order valence-corrected chi connectivity index (χ3v) is 4.62. The van der Waals surface area contributed by atoms with Crippen LogP contribution in [0.1, 0.15) is 60.3 Å². The molecular formula is C12H24. The van der Waals surface area contributed by atoms with Crippen LogP contribution in [-0.2, 0) is 0 Å². The molecule has 2 atom stereocenters. The topological polar surface area (TPSA) is 0 Å². The fourth-order valence-electron chi connectivity index (χ4n) is 3.25. The molecule has 0 heterocycles. The van der Waals surface area contributed by atoms with Gasteiger partial charge in [-0.3, -0.25) is 0 Å². The Hall–Kier alpha value is 0. The Kier molecular flexibility index (Phi) is 2.56. The minimum atomic E-state index is 0.612. The Morgan fingerprint density at radius 1 is 1.00 bits per heavy atom. The maximum absolute atomic E-state index is 2.49. The summed E-state index contributed by atoms with van der Waals surface area (Å²) in [6.45, 7) is 12.1. The van der Waals surface area contributed by atoms with Gasteiger partial charge in [0.1, 0.15) is 0 Å². The Balaban J connectivity index is 2.85. The van der Waals surface area contributed by atoms with Gasteiger partial charge in [-0.25, -0.2) is 0 Å². The first-order chi connectivity index (χ1) is 5.47. The molecule has 1 rings (SSSR count). The Bertz CT molecular complexity index is 143. The second-order valence-corrected chi connectivity index (χ2v) is 5.34. The van der Waals surface area contributed by atoms with Crippen molar-refractivity contribution in [3.8, 4) is 0 Å². The highest BCUT2D eigenvalue weighted by Gasteiger charge is 2.48. The summed E-state index contributed by atoms with van der Waals surface area (Å²) in [6, 6.07) is 0. The van der Waals surface area contributed by atoms with E-state index in [0.717, 1.165) is 5.92 Å². The summed E-state index contributed by atoms with van der Waals surface area (Å²) in [7, 11) is 0. The highest BCUT2D eigenvalue weighted by atomic mass is 14.5. The predicted molar refractivity (Wildman–Crippen MR) is 55.2 cm³/mol. The van der Waals surface area contributed by atoms with Crippen LogP contribution in [0, 0.1) is 16.7 Å². The molecule has 0 bridgehead atoms. The van der Waals surface area contributed by atoms with Crippen LogP contribution in [0.3, 0.4) is 0 Å². The summed E-state index contributed by atoms with van der Waals surface area (Å²) < 4.78 is 0. The summed E-state index contributed by atoms with van der Waals surface area (Å²) in [4.78, 5) is 0. The molecule has 0 nitrogen and oxygen atoms in total. The van der Waals surface area contributed by atoms with Crippen LogP contribution in [0.4, 0.5) is 0 Å². The van der Waals surface area contributed by atoms with E-state index in [1.807, 2.05) is 0 Å². The third kappa shape index (κ3) is 1.30. The lowest BCUT2D eigenvalue weighted by Crippen LogP contribution is -2.30. The van der Waals surface area contributed by atoms with Crippen LogP contribution in [0.5, 0.6) is 0 Å². The number of rotatable bonds is 2. The quantitative estimate of drug-likeness (QED) is 0.578. The Morgan fingerprint density at radius 3 is 1.58 bits per heavy atom. The molecule has 0 radical (unpaired) electrons. The molecule has 1 saturated carbocycles. The average Bonchev–Trinajstić information content (AvgIpc) is 2.25. The van der Waals surface area contributed by atoms with Crippen molar-refractivity contribution in [1.82, 2.24) is 0 Å². The van der Waals surface area contributed by atoms with Gasteiger partial charge in [0.25, 0.3) is 0 Å². The summed E-state index contributed by atoms with van der Waals surface area (Å²) >= 11 is 0. The second kappa shape index (κ2) is 3.05. The minimum Gasteiger partial charge on any atom is -0.0648 e. The van der Waals surface area contributed by atoms with E-state index in [1.165, 1.54) is 25.7 Å². The van der Waals surface area contributed by atoms with Crippen molar-refractivity contribution < 1.29 is 0 Å². The summed E-state index contributed by atoms with van der Waals surface area (Å²) in [5.74, 6) is 0.944. The van der Waals surface area contributed by atoms with Crippen LogP contribution in [0.15, 0.2) is 0 Å². The van der Waals surface area contributed by atoms with Gasteiger partial charge < -0.3 is 0 Å². The van der Waals surface area contributed by atoms with Crippen LogP contribution >= 0.6 is 0 Å². The van der Waals surface area contributed by atoms with Gasteiger partial charge in [0.05, 0.1) is 0 Å². The molecule has 0 aromatic carbocycles. The normalized spacial score (nSPS) is 48.2. The molecule has 0 aromatic heterocycles. The van der Waals surface area contributed by atoms with E-state index in [1.54, 1.807) is 0 Å². The SMILES string of the molecule is CCC1(C)CC(C)CC1(C)CC. The predicted octanol–water partition coefficient (Wildman–Crippen LogP) is 4.25. The fraction of sp³-hybridized carbons (Fsp3) is 1.00. The van der Waals surface area contributed by atoms with Gasteiger partial charge in [0.15, 0.2) is 0 Å². The minimum absolute atomic E-state index is 0.612. The van der Waals surface area contributed by atoms with Gasteiger partial charge in [-0.1, -0.05) is 47.5 Å². The van der Waals surface area contributed by atoms with Crippen molar-refractivity contribution in [3.05, 3.63) is 0 Å². The molecule has 0 aromatic rings. The zero-order valence-electron chi connectivity index (χ0n) is 9.41. The highest BCUT2D eigenvalue weighted by Crippen LogP contribution is 2.58. The fourth-order valence-corrected chi connectivity index (χ4v) is 3.25. The van der Waals surface area contributed by atoms with Crippen molar-refractivity contribution in [2.24, 2.45) is 16.7 Å². The van der Waals surface area contributed by atoms with E-state index in [4.69, 9.17) is 0 Å². The lowest BCUT2D eigenvalue weighted by molar-refractivity contribution is 0.0998. The average molecular weight is 168 g/mol. The van der Waals surface area contributed by atoms with Crippen molar-refractivity contribution in [1.29, 1.82) is 0 Å². The van der Waals surface area contributed by atoms with Gasteiger partial charge >= 0.3 is 0 Å². The van der Waals surface area contributed by atoms with Crippen molar-refractivity contribution in [3.63, 3.8) is 0 Å². The first-order valence-corrected chi connectivity index (χ1v) is 5.47. The summed E-state index contributed by atoms with van der Waals surface area (Å²) in [5.41, 5.74) is 1.22. The maximum atomic E-state index is 2.49. The lowest BCUT2D eigenvalue weighted by atomic mass is 9.65. The van der Waals surface area contributed by atoms with Crippen molar-refractivity contribution in [2.45, 2.75) is 60.3 Å². The molecule has 1 fully saturated rings. The molecule has 12 heavy (non-hydrogen) atoms. The molecule has 0 heteroatoms. The maximum Gasteiger partial charge on any atom is -0.0272 e. The lowest BCUT2D eigenvalue weighted by Gasteiger charge is -2.40. The standard InChI is InChI=1S/C12H24/c1-6-11(4)8-10(3)9-12(11,5)7-2/h10H,6-9H2,1-5H3. The van der Waals surface area contributed by atoms with Gasteiger partial charge in [-0.2, -0.15) is 0 Å². The number of hydrogen-bond acceptors (Lipinski definition) is 0. The molecule has 0 amide bonds. The van der Waals surface area contributed by atoms with Gasteiger partial charge in [-0.05, 0) is 29.6 Å². The molecule has 0 spiro atoms. The molecule has 0 N–H and O–H groups in total. The Labute approximate surface area is 77.7 Å². The third-order valence-electron chi connectivity index (χ3n) is 4.62. The zero-order chi connectivity index (χ0) is 9.41. The summed E-state index contributed by atoms with van der Waals surface area (Å²) in [6.07, 6.45) is 5.57. The first kappa shape index (κ1) is 10.1. The molecule has 0 aliphatic heterocycles. The molecule has 2 unspecified atom stereocenters. The molecule has 72 valence electrons. The van der Waals surface area contributed by atoms with Gasteiger partial charge in [-0.15, -0.1) is 0 Å². The second-order valence-electron chi connectivity index (χ2n) is 5.34.